The summed E-state index contributed by atoms with van der Waals surface area (Å²) >= 11 is 5.84. The van der Waals surface area contributed by atoms with Crippen molar-refractivity contribution in [1.82, 2.24) is 0 Å². The third-order valence-corrected chi connectivity index (χ3v) is 3.41. The zero-order chi connectivity index (χ0) is 15.9. The summed E-state index contributed by atoms with van der Waals surface area (Å²) < 4.78 is 15.7. The minimum absolute atomic E-state index is 0.282. The van der Waals surface area contributed by atoms with Crippen molar-refractivity contribution in [3.63, 3.8) is 0 Å². The molecule has 0 saturated heterocycles. The molecule has 0 amide bonds. The molecule has 2 aromatic rings. The quantitative estimate of drug-likeness (QED) is 0.758. The molecule has 0 bridgehead atoms. The lowest BCUT2D eigenvalue weighted by Gasteiger charge is -2.12. The summed E-state index contributed by atoms with van der Waals surface area (Å²) in [6.07, 6.45) is 0. The normalized spacial score (nSPS) is 10.3. The fourth-order valence-electron chi connectivity index (χ4n) is 2.06. The molecule has 4 nitrogen and oxygen atoms in total. The van der Waals surface area contributed by atoms with Gasteiger partial charge < -0.3 is 14.2 Å². The van der Waals surface area contributed by atoms with Crippen molar-refractivity contribution in [2.45, 2.75) is 13.2 Å². The molecule has 0 fully saturated rings. The van der Waals surface area contributed by atoms with Gasteiger partial charge in [0.05, 0.1) is 27.4 Å². The van der Waals surface area contributed by atoms with Gasteiger partial charge in [0.15, 0.2) is 0 Å². The highest BCUT2D eigenvalue weighted by Gasteiger charge is 2.17. The first-order valence-corrected chi connectivity index (χ1v) is 7.10. The van der Waals surface area contributed by atoms with Gasteiger partial charge in [-0.2, -0.15) is 0 Å². The maximum absolute atomic E-state index is 11.9. The van der Waals surface area contributed by atoms with Crippen LogP contribution in [0.4, 0.5) is 0 Å². The summed E-state index contributed by atoms with van der Waals surface area (Å²) in [5.41, 5.74) is 2.12. The van der Waals surface area contributed by atoms with E-state index in [4.69, 9.17) is 25.8 Å². The molecule has 0 N–H and O–H groups in total. The number of carbonyl (C=O) groups is 1. The van der Waals surface area contributed by atoms with Gasteiger partial charge in [-0.25, -0.2) is 4.79 Å². The van der Waals surface area contributed by atoms with Gasteiger partial charge in [-0.05, 0) is 29.3 Å². The smallest absolute Gasteiger partial charge is 0.342 e. The first-order chi connectivity index (χ1) is 10.7. The molecule has 5 heteroatoms. The summed E-state index contributed by atoms with van der Waals surface area (Å²) in [5.74, 6) is 0.0296. The lowest BCUT2D eigenvalue weighted by Crippen LogP contribution is -2.09. The molecule has 22 heavy (non-hydrogen) atoms. The first-order valence-electron chi connectivity index (χ1n) is 6.72. The van der Waals surface area contributed by atoms with Crippen molar-refractivity contribution in [3.8, 4) is 5.75 Å². The Kier molecular flexibility index (Phi) is 5.81. The lowest BCUT2D eigenvalue weighted by atomic mass is 10.1. The number of esters is 1. The predicted octanol–water partition coefficient (Wildman–Crippen LogP) is 3.85. The van der Waals surface area contributed by atoms with Gasteiger partial charge in [-0.15, -0.1) is 0 Å². The highest BCUT2D eigenvalue weighted by atomic mass is 35.5. The zero-order valence-corrected chi connectivity index (χ0v) is 13.2. The van der Waals surface area contributed by atoms with Crippen molar-refractivity contribution < 1.29 is 19.0 Å². The van der Waals surface area contributed by atoms with Crippen LogP contribution in [0.3, 0.4) is 0 Å². The maximum atomic E-state index is 11.9. The number of halogens is 1. The number of ether oxygens (including phenoxy) is 3. The van der Waals surface area contributed by atoms with Gasteiger partial charge in [-0.1, -0.05) is 35.9 Å². The number of hydrogen-bond acceptors (Lipinski definition) is 4. The van der Waals surface area contributed by atoms with E-state index in [1.54, 1.807) is 6.07 Å². The number of rotatable bonds is 6. The van der Waals surface area contributed by atoms with Gasteiger partial charge in [0.25, 0.3) is 0 Å². The van der Waals surface area contributed by atoms with E-state index in [1.807, 2.05) is 36.4 Å². The van der Waals surface area contributed by atoms with Crippen LogP contribution < -0.4 is 4.74 Å². The Morgan fingerprint density at radius 1 is 1.05 bits per heavy atom. The highest BCUT2D eigenvalue weighted by molar-refractivity contribution is 6.30. The standard InChI is InChI=1S/C17H17ClO4/c1-20-15-5-3-4-13(16(15)17(19)21-2)11-22-10-12-6-8-14(18)9-7-12/h3-9H,10-11H2,1-2H3. The molecule has 0 saturated carbocycles. The summed E-state index contributed by atoms with van der Waals surface area (Å²) in [6, 6.07) is 12.8. The first kappa shape index (κ1) is 16.3. The van der Waals surface area contributed by atoms with Gasteiger partial charge in [0, 0.05) is 5.02 Å². The lowest BCUT2D eigenvalue weighted by molar-refractivity contribution is 0.0586. The van der Waals surface area contributed by atoms with Crippen molar-refractivity contribution in [2.24, 2.45) is 0 Å². The Balaban J connectivity index is 2.09. The second kappa shape index (κ2) is 7.82. The maximum Gasteiger partial charge on any atom is 0.342 e. The van der Waals surface area contributed by atoms with Crippen molar-refractivity contribution in [1.29, 1.82) is 0 Å². The molecule has 2 aromatic carbocycles. The Hall–Kier alpha value is -2.04. The van der Waals surface area contributed by atoms with Crippen LogP contribution in [0.15, 0.2) is 42.5 Å². The van der Waals surface area contributed by atoms with Gasteiger partial charge in [0.2, 0.25) is 0 Å². The number of methoxy groups -OCH3 is 2. The summed E-state index contributed by atoms with van der Waals surface area (Å²) in [6.45, 7) is 0.708. The molecular formula is C17H17ClO4. The van der Waals surface area contributed by atoms with Gasteiger partial charge >= 0.3 is 5.97 Å². The second-order valence-corrected chi connectivity index (χ2v) is 5.04. The molecule has 2 rings (SSSR count). The second-order valence-electron chi connectivity index (χ2n) is 4.61. The summed E-state index contributed by atoms with van der Waals surface area (Å²) in [7, 11) is 2.85. The van der Waals surface area contributed by atoms with E-state index in [-0.39, 0.29) is 6.61 Å². The molecule has 0 heterocycles. The van der Waals surface area contributed by atoms with E-state index in [1.165, 1.54) is 14.2 Å². The molecule has 0 aromatic heterocycles. The Morgan fingerprint density at radius 3 is 2.41 bits per heavy atom. The van der Waals surface area contributed by atoms with Crippen LogP contribution in [0, 0.1) is 0 Å². The van der Waals surface area contributed by atoms with Crippen LogP contribution in [0.1, 0.15) is 21.5 Å². The number of carbonyl (C=O) groups excluding carboxylic acids is 1. The average Bonchev–Trinajstić information content (AvgIpc) is 2.55. The summed E-state index contributed by atoms with van der Waals surface area (Å²) in [5, 5.41) is 0.685. The van der Waals surface area contributed by atoms with Crippen LogP contribution in [0.2, 0.25) is 5.02 Å². The van der Waals surface area contributed by atoms with Crippen molar-refractivity contribution in [3.05, 3.63) is 64.2 Å². The van der Waals surface area contributed by atoms with E-state index in [2.05, 4.69) is 0 Å². The topological polar surface area (TPSA) is 44.8 Å². The SMILES string of the molecule is COC(=O)c1c(COCc2ccc(Cl)cc2)cccc1OC. The molecule has 0 aliphatic rings. The largest absolute Gasteiger partial charge is 0.496 e. The van der Waals surface area contributed by atoms with Crippen LogP contribution >= 0.6 is 11.6 Å². The highest BCUT2D eigenvalue weighted by Crippen LogP contribution is 2.24. The molecule has 0 spiro atoms. The molecule has 0 atom stereocenters. The zero-order valence-electron chi connectivity index (χ0n) is 12.5. The fraction of sp³-hybridized carbons (Fsp3) is 0.235. The molecule has 116 valence electrons. The van der Waals surface area contributed by atoms with E-state index in [0.29, 0.717) is 22.9 Å². The van der Waals surface area contributed by atoms with Crippen LogP contribution in [0.25, 0.3) is 0 Å². The minimum atomic E-state index is -0.442. The van der Waals surface area contributed by atoms with Crippen LogP contribution in [-0.4, -0.2) is 20.2 Å². The molecule has 0 aliphatic carbocycles. The monoisotopic (exact) mass is 320 g/mol. The van der Waals surface area contributed by atoms with Gasteiger partial charge in [0.1, 0.15) is 11.3 Å². The molecular weight excluding hydrogens is 304 g/mol. The van der Waals surface area contributed by atoms with Crippen molar-refractivity contribution >= 4 is 17.6 Å². The van der Waals surface area contributed by atoms with E-state index < -0.39 is 5.97 Å². The van der Waals surface area contributed by atoms with Gasteiger partial charge in [-0.3, -0.25) is 0 Å². The fourth-order valence-corrected chi connectivity index (χ4v) is 2.19. The average molecular weight is 321 g/mol. The number of hydrogen-bond donors (Lipinski definition) is 0. The molecule has 0 aliphatic heterocycles. The predicted molar refractivity (Wildman–Crippen MR) is 84.3 cm³/mol. The van der Waals surface area contributed by atoms with E-state index >= 15 is 0 Å². The Bertz CT molecular complexity index is 638. The van der Waals surface area contributed by atoms with E-state index in [9.17, 15) is 4.79 Å². The van der Waals surface area contributed by atoms with Crippen LogP contribution in [0.5, 0.6) is 5.75 Å². The minimum Gasteiger partial charge on any atom is -0.496 e. The Morgan fingerprint density at radius 2 is 1.77 bits per heavy atom. The number of benzene rings is 2. The molecule has 0 radical (unpaired) electrons. The summed E-state index contributed by atoms with van der Waals surface area (Å²) in [4.78, 5) is 11.9. The van der Waals surface area contributed by atoms with Crippen molar-refractivity contribution in [2.75, 3.05) is 14.2 Å². The Labute approximate surface area is 134 Å². The third-order valence-electron chi connectivity index (χ3n) is 3.16. The van der Waals surface area contributed by atoms with Crippen LogP contribution in [-0.2, 0) is 22.7 Å². The molecule has 0 unspecified atom stereocenters. The van der Waals surface area contributed by atoms with E-state index in [0.717, 1.165) is 11.1 Å². The third kappa shape index (κ3) is 4.00.